The monoisotopic (exact) mass is 714 g/mol. The number of hydrogen-bond donors (Lipinski definition) is 3. The van der Waals surface area contributed by atoms with Crippen LogP contribution in [0.15, 0.2) is 42.5 Å². The van der Waals surface area contributed by atoms with Crippen LogP contribution in [0.1, 0.15) is 73.0 Å². The van der Waals surface area contributed by atoms with Crippen molar-refractivity contribution in [3.8, 4) is 5.75 Å². The Hall–Kier alpha value is -3.61. The second-order valence-corrected chi connectivity index (χ2v) is 16.6. The molecule has 3 N–H and O–H groups in total. The minimum Gasteiger partial charge on any atom is -0.490 e. The number of allylic oxidation sites excluding steroid dienone is 1. The average molecular weight is 715 g/mol. The summed E-state index contributed by atoms with van der Waals surface area (Å²) in [5.41, 5.74) is 2.53. The number of amides is 1. The number of rotatable bonds is 5. The molecule has 0 radical (unpaired) electrons. The fourth-order valence-corrected chi connectivity index (χ4v) is 9.42. The Bertz CT molecular complexity index is 1780. The average Bonchev–Trinajstić information content (AvgIpc) is 3.16. The summed E-state index contributed by atoms with van der Waals surface area (Å²) >= 11 is 6.41. The lowest BCUT2D eigenvalue weighted by Crippen LogP contribution is -2.50. The molecule has 1 amide bonds. The molecule has 2 aliphatic heterocycles. The molecule has 4 aliphatic rings. The van der Waals surface area contributed by atoms with Gasteiger partial charge in [-0.25, -0.2) is 17.9 Å². The third-order valence-electron chi connectivity index (χ3n) is 11.0. The summed E-state index contributed by atoms with van der Waals surface area (Å²) in [6.45, 7) is 4.22. The molecule has 13 heteroatoms. The van der Waals surface area contributed by atoms with Crippen LogP contribution in [-0.4, -0.2) is 74.1 Å². The molecule has 2 aromatic carbocycles. The first-order chi connectivity index (χ1) is 23.3. The van der Waals surface area contributed by atoms with Gasteiger partial charge in [0.2, 0.25) is 10.0 Å². The van der Waals surface area contributed by atoms with Gasteiger partial charge in [-0.3, -0.25) is 9.59 Å². The minimum atomic E-state index is -4.17. The van der Waals surface area contributed by atoms with Gasteiger partial charge < -0.3 is 24.6 Å². The molecule has 11 nitrogen and oxygen atoms in total. The second kappa shape index (κ2) is 14.0. The van der Waals surface area contributed by atoms with Gasteiger partial charge in [0.15, 0.2) is 0 Å². The Labute approximate surface area is 291 Å². The van der Waals surface area contributed by atoms with E-state index >= 15 is 0 Å². The predicted octanol–water partition coefficient (Wildman–Crippen LogP) is 4.98. The van der Waals surface area contributed by atoms with Crippen molar-refractivity contribution in [2.75, 3.05) is 31.2 Å². The zero-order chi connectivity index (χ0) is 35.1. The predicted molar refractivity (Wildman–Crippen MR) is 184 cm³/mol. The Kier molecular flexibility index (Phi) is 10.0. The smallest absolute Gasteiger partial charge is 0.329 e. The van der Waals surface area contributed by atoms with Gasteiger partial charge in [0, 0.05) is 29.1 Å². The Balaban J connectivity index is 1.49. The van der Waals surface area contributed by atoms with Gasteiger partial charge in [-0.1, -0.05) is 36.7 Å². The highest BCUT2D eigenvalue weighted by Crippen LogP contribution is 2.47. The molecule has 264 valence electrons. The van der Waals surface area contributed by atoms with E-state index in [0.717, 1.165) is 43.2 Å². The molecule has 2 heterocycles. The van der Waals surface area contributed by atoms with Gasteiger partial charge in [0.1, 0.15) is 12.4 Å². The maximum absolute atomic E-state index is 13.8. The van der Waals surface area contributed by atoms with E-state index in [-0.39, 0.29) is 23.0 Å². The van der Waals surface area contributed by atoms with Crippen molar-refractivity contribution in [2.24, 2.45) is 17.8 Å². The van der Waals surface area contributed by atoms with Gasteiger partial charge in [0.25, 0.3) is 5.91 Å². The highest BCUT2D eigenvalue weighted by Gasteiger charge is 2.45. The number of aryl methyl sites for hydroxylation is 1. The normalized spacial score (nSPS) is 30.1. The van der Waals surface area contributed by atoms with Crippen LogP contribution >= 0.6 is 11.6 Å². The molecule has 1 fully saturated rings. The highest BCUT2D eigenvalue weighted by atomic mass is 35.5. The molecule has 0 aromatic heterocycles. The standard InChI is InChI=1S/C36H43ClN2O9S/c1-21-5-3-7-31(47-18-34(42)43)27-10-8-24(27)17-39-19-36(12-4-6-23-13-26(37)9-11-29(23)36)20-48-32-14-25(15-33(40)41)28(16-30(32)39)35(44)38-49(45,46)22(21)2/h3,7,9,11,13-14,16,21-22,24,27,31H,4-6,8,10,12,15,17-20H2,1-2H3,(H,38,44)(H,40,41)(H,42,43)/b7-3+/t21-,22+,24-,27+,31-,36-/m0/s1. The second-order valence-electron chi connectivity index (χ2n) is 14.1. The molecule has 6 atom stereocenters. The molecule has 2 aromatic rings. The third-order valence-corrected chi connectivity index (χ3v) is 13.1. The van der Waals surface area contributed by atoms with Crippen LogP contribution in [-0.2, 0) is 42.6 Å². The molecule has 2 aliphatic carbocycles. The van der Waals surface area contributed by atoms with Gasteiger partial charge >= 0.3 is 11.9 Å². The molecule has 49 heavy (non-hydrogen) atoms. The number of ether oxygens (including phenoxy) is 2. The molecule has 2 bridgehead atoms. The zero-order valence-corrected chi connectivity index (χ0v) is 29.3. The van der Waals surface area contributed by atoms with Gasteiger partial charge in [-0.2, -0.15) is 0 Å². The maximum Gasteiger partial charge on any atom is 0.329 e. The summed E-state index contributed by atoms with van der Waals surface area (Å²) in [5.74, 6) is -2.98. The largest absolute Gasteiger partial charge is 0.490 e. The van der Waals surface area contributed by atoms with Crippen LogP contribution in [0.2, 0.25) is 5.02 Å². The molecule has 0 saturated heterocycles. The number of fused-ring (bicyclic) bond motifs is 4. The highest BCUT2D eigenvalue weighted by molar-refractivity contribution is 7.90. The number of benzene rings is 2. The lowest BCUT2D eigenvalue weighted by atomic mass is 9.68. The summed E-state index contributed by atoms with van der Waals surface area (Å²) in [6, 6.07) is 9.08. The van der Waals surface area contributed by atoms with Gasteiger partial charge in [-0.15, -0.1) is 0 Å². The van der Waals surface area contributed by atoms with Crippen LogP contribution < -0.4 is 14.4 Å². The first kappa shape index (κ1) is 35.2. The number of halogens is 1. The van der Waals surface area contributed by atoms with Gasteiger partial charge in [0.05, 0.1) is 30.1 Å². The molecule has 1 saturated carbocycles. The number of anilines is 1. The van der Waals surface area contributed by atoms with Crippen LogP contribution in [0.3, 0.4) is 0 Å². The fourth-order valence-electron chi connectivity index (χ4n) is 7.95. The van der Waals surface area contributed by atoms with E-state index in [4.69, 9.17) is 21.1 Å². The van der Waals surface area contributed by atoms with Crippen LogP contribution in [0.5, 0.6) is 5.75 Å². The Morgan fingerprint density at radius 1 is 1.14 bits per heavy atom. The number of aliphatic carboxylic acids is 2. The number of nitrogens with zero attached hydrogens (tertiary/aromatic N) is 1. The zero-order valence-electron chi connectivity index (χ0n) is 27.7. The van der Waals surface area contributed by atoms with Crippen LogP contribution in [0.25, 0.3) is 0 Å². The number of carboxylic acids is 2. The van der Waals surface area contributed by atoms with E-state index in [1.54, 1.807) is 19.1 Å². The summed E-state index contributed by atoms with van der Waals surface area (Å²) in [5, 5.41) is 18.9. The molecule has 0 unspecified atom stereocenters. The summed E-state index contributed by atoms with van der Waals surface area (Å²) < 4.78 is 41.7. The summed E-state index contributed by atoms with van der Waals surface area (Å²) in [4.78, 5) is 39.5. The Morgan fingerprint density at radius 3 is 2.65 bits per heavy atom. The van der Waals surface area contributed by atoms with E-state index < -0.39 is 63.6 Å². The SMILES string of the molecule is C[C@@H]1[C@@H](C)C/C=C/[C@H](OCC(=O)O)[C@@H]2CC[C@H]2CN2C[C@@]3(CCCc4cc(Cl)ccc43)COc3cc(CC(=O)O)c(cc32)C(=O)NS1(=O)=O. The van der Waals surface area contributed by atoms with E-state index in [1.165, 1.54) is 6.92 Å². The maximum atomic E-state index is 13.8. The van der Waals surface area contributed by atoms with E-state index in [1.807, 2.05) is 24.3 Å². The number of carbonyl (C=O) groups excluding carboxylic acids is 1. The first-order valence-corrected chi connectivity index (χ1v) is 18.8. The van der Waals surface area contributed by atoms with Crippen molar-refractivity contribution in [1.82, 2.24) is 4.72 Å². The van der Waals surface area contributed by atoms with Crippen molar-refractivity contribution in [3.63, 3.8) is 0 Å². The van der Waals surface area contributed by atoms with Gasteiger partial charge in [-0.05, 0) is 104 Å². The molecule has 1 spiro atoms. The Morgan fingerprint density at radius 2 is 1.94 bits per heavy atom. The number of sulfonamides is 1. The summed E-state index contributed by atoms with van der Waals surface area (Å²) in [6.07, 6.45) is 7.41. The van der Waals surface area contributed by atoms with E-state index in [9.17, 15) is 33.0 Å². The van der Waals surface area contributed by atoms with Crippen molar-refractivity contribution in [2.45, 2.75) is 75.6 Å². The van der Waals surface area contributed by atoms with E-state index in [2.05, 4.69) is 15.7 Å². The first-order valence-electron chi connectivity index (χ1n) is 16.9. The van der Waals surface area contributed by atoms with Crippen molar-refractivity contribution in [3.05, 3.63) is 69.8 Å². The number of carboxylic acid groups (broad SMARTS) is 2. The van der Waals surface area contributed by atoms with Crippen molar-refractivity contribution < 1.29 is 42.5 Å². The van der Waals surface area contributed by atoms with Crippen molar-refractivity contribution in [1.29, 1.82) is 0 Å². The summed E-state index contributed by atoms with van der Waals surface area (Å²) in [7, 11) is -4.17. The van der Waals surface area contributed by atoms with Crippen molar-refractivity contribution >= 4 is 45.2 Å². The van der Waals surface area contributed by atoms with E-state index in [0.29, 0.717) is 42.6 Å². The lowest BCUT2D eigenvalue weighted by Gasteiger charge is -2.46. The molecular weight excluding hydrogens is 672 g/mol. The molecular formula is C36H43ClN2O9S. The van der Waals surface area contributed by atoms with Crippen LogP contribution in [0, 0.1) is 17.8 Å². The quantitative estimate of drug-likeness (QED) is 0.361. The fraction of sp³-hybridized carbons (Fsp3) is 0.528. The lowest BCUT2D eigenvalue weighted by molar-refractivity contribution is -0.145. The topological polar surface area (TPSA) is 160 Å². The minimum absolute atomic E-state index is 0.00930. The number of nitrogens with one attached hydrogen (secondary N) is 1. The number of hydrogen-bond acceptors (Lipinski definition) is 8. The number of carbonyl (C=O) groups is 3. The third kappa shape index (κ3) is 7.32. The van der Waals surface area contributed by atoms with Crippen LogP contribution in [0.4, 0.5) is 5.69 Å². The molecule has 6 rings (SSSR count).